The van der Waals surface area contributed by atoms with Crippen molar-refractivity contribution in [1.29, 1.82) is 0 Å². The van der Waals surface area contributed by atoms with Crippen molar-refractivity contribution in [2.24, 2.45) is 0 Å². The molecule has 0 rings (SSSR count). The van der Waals surface area contributed by atoms with Crippen LogP contribution in [0.25, 0.3) is 0 Å². The molecule has 10 heteroatoms. The summed E-state index contributed by atoms with van der Waals surface area (Å²) in [6, 6.07) is 0.645. The minimum absolute atomic E-state index is 0.327. The van der Waals surface area contributed by atoms with E-state index < -0.39 is 17.6 Å². The summed E-state index contributed by atoms with van der Waals surface area (Å²) in [6.07, 6.45) is 0.658. The van der Waals surface area contributed by atoms with Crippen molar-refractivity contribution >= 4 is 23.6 Å². The average Bonchev–Trinajstić information content (AvgIpc) is 2.72. The van der Waals surface area contributed by atoms with Gasteiger partial charge in [0, 0.05) is 51.3 Å². The van der Waals surface area contributed by atoms with E-state index in [1.165, 1.54) is 0 Å². The summed E-state index contributed by atoms with van der Waals surface area (Å²) in [5, 5.41) is 0. The van der Waals surface area contributed by atoms with E-state index in [1.54, 1.807) is 12.6 Å². The van der Waals surface area contributed by atoms with Gasteiger partial charge in [-0.25, -0.2) is 4.79 Å². The highest BCUT2D eigenvalue weighted by Gasteiger charge is 2.39. The van der Waals surface area contributed by atoms with Gasteiger partial charge in [-0.1, -0.05) is 13.2 Å². The fourth-order valence-corrected chi connectivity index (χ4v) is 6.87. The van der Waals surface area contributed by atoms with Crippen molar-refractivity contribution < 1.29 is 36.1 Å². The summed E-state index contributed by atoms with van der Waals surface area (Å²) < 4.78 is 38.5. The van der Waals surface area contributed by atoms with E-state index in [4.69, 9.17) is 31.3 Å². The molecule has 0 aromatic rings. The zero-order valence-electron chi connectivity index (χ0n) is 20.6. The van der Waals surface area contributed by atoms with Crippen LogP contribution < -0.4 is 0 Å². The molecule has 184 valence electrons. The minimum Gasteiger partial charge on any atom is -0.462 e. The lowest BCUT2D eigenvalue weighted by Gasteiger charge is -2.28. The summed E-state index contributed by atoms with van der Waals surface area (Å²) in [4.78, 5) is 11.2. The molecule has 8 nitrogen and oxygen atoms in total. The maximum atomic E-state index is 11.2. The molecule has 0 saturated heterocycles. The second kappa shape index (κ2) is 19.8. The van der Waals surface area contributed by atoms with Crippen molar-refractivity contribution in [3.8, 4) is 0 Å². The molecule has 0 unspecified atom stereocenters. The lowest BCUT2D eigenvalue weighted by atomic mass is 10.4. The number of rotatable bonds is 18. The summed E-state index contributed by atoms with van der Waals surface area (Å²) >= 11 is 0. The van der Waals surface area contributed by atoms with Gasteiger partial charge >= 0.3 is 23.6 Å². The van der Waals surface area contributed by atoms with Crippen LogP contribution in [0.3, 0.4) is 0 Å². The Morgan fingerprint density at radius 2 is 1.16 bits per heavy atom. The van der Waals surface area contributed by atoms with Crippen LogP contribution in [-0.2, 0) is 36.1 Å². The van der Waals surface area contributed by atoms with Crippen molar-refractivity contribution in [3.05, 3.63) is 24.4 Å². The molecule has 0 aliphatic rings. The Morgan fingerprint density at radius 3 is 1.45 bits per heavy atom. The van der Waals surface area contributed by atoms with Gasteiger partial charge in [0.1, 0.15) is 0 Å². The third kappa shape index (κ3) is 14.8. The third-order valence-electron chi connectivity index (χ3n) is 3.59. The molecule has 31 heavy (non-hydrogen) atoms. The van der Waals surface area contributed by atoms with Gasteiger partial charge in [0.2, 0.25) is 0 Å². The molecule has 0 saturated carbocycles. The number of carbonyl (C=O) groups excluding carboxylic acids is 1. The maximum absolute atomic E-state index is 11.2. The minimum atomic E-state index is -2.61. The quantitative estimate of drug-likeness (QED) is 0.124. The van der Waals surface area contributed by atoms with Crippen LogP contribution in [0, 0.1) is 0 Å². The first-order valence-corrected chi connectivity index (χ1v) is 14.8. The average molecular weight is 481 g/mol. The highest BCUT2D eigenvalue weighted by atomic mass is 28.4. The molecule has 0 N–H and O–H groups in total. The van der Waals surface area contributed by atoms with Gasteiger partial charge in [-0.3, -0.25) is 0 Å². The first-order valence-electron chi connectivity index (χ1n) is 11.1. The number of carbonyl (C=O) groups is 1. The molecule has 0 amide bonds. The van der Waals surface area contributed by atoms with E-state index in [1.807, 2.05) is 41.5 Å². The van der Waals surface area contributed by atoms with Crippen LogP contribution >= 0.6 is 0 Å². The molecule has 0 spiro atoms. The Bertz CT molecular complexity index is 454. The van der Waals surface area contributed by atoms with Gasteiger partial charge < -0.3 is 31.3 Å². The predicted molar refractivity (Wildman–Crippen MR) is 127 cm³/mol. The molecule has 0 radical (unpaired) electrons. The Hall–Kier alpha value is -0.856. The van der Waals surface area contributed by atoms with E-state index in [-0.39, 0.29) is 5.97 Å². The van der Waals surface area contributed by atoms with Crippen molar-refractivity contribution in [2.45, 2.75) is 60.9 Å². The van der Waals surface area contributed by atoms with Gasteiger partial charge in [0.15, 0.2) is 0 Å². The number of hydrogen-bond donors (Lipinski definition) is 0. The number of ether oxygens (including phenoxy) is 1. The molecule has 0 aliphatic heterocycles. The van der Waals surface area contributed by atoms with Gasteiger partial charge in [0.25, 0.3) is 0 Å². The van der Waals surface area contributed by atoms with Crippen LogP contribution in [0.1, 0.15) is 54.9 Å². The molecular weight excluding hydrogens is 436 g/mol. The topological polar surface area (TPSA) is 81.7 Å². The fourth-order valence-electron chi connectivity index (χ4n) is 2.48. The van der Waals surface area contributed by atoms with E-state index in [2.05, 4.69) is 13.2 Å². The Kier molecular flexibility index (Phi) is 20.6. The monoisotopic (exact) mass is 480 g/mol. The first-order chi connectivity index (χ1) is 14.8. The van der Waals surface area contributed by atoms with Gasteiger partial charge in [-0.2, -0.15) is 0 Å². The summed E-state index contributed by atoms with van der Waals surface area (Å²) in [5.74, 6) is -0.364. The van der Waals surface area contributed by atoms with E-state index >= 15 is 0 Å². The van der Waals surface area contributed by atoms with E-state index in [0.29, 0.717) is 64.3 Å². The molecule has 0 fully saturated rings. The van der Waals surface area contributed by atoms with Crippen LogP contribution in [0.5, 0.6) is 0 Å². The summed E-state index contributed by atoms with van der Waals surface area (Å²) in [7, 11) is -5.11. The summed E-state index contributed by atoms with van der Waals surface area (Å²) in [6.45, 7) is 24.1. The highest BCUT2D eigenvalue weighted by Crippen LogP contribution is 2.18. The molecule has 0 bridgehead atoms. The van der Waals surface area contributed by atoms with E-state index in [0.717, 1.165) is 0 Å². The Morgan fingerprint density at radius 1 is 0.774 bits per heavy atom. The van der Waals surface area contributed by atoms with Crippen molar-refractivity contribution in [3.63, 3.8) is 0 Å². The van der Waals surface area contributed by atoms with Crippen LogP contribution in [0.2, 0.25) is 6.04 Å². The fraction of sp³-hybridized carbons (Fsp3) is 0.762. The lowest BCUT2D eigenvalue weighted by molar-refractivity contribution is -0.139. The van der Waals surface area contributed by atoms with Crippen molar-refractivity contribution in [1.82, 2.24) is 0 Å². The van der Waals surface area contributed by atoms with E-state index in [9.17, 15) is 4.79 Å². The number of hydrogen-bond acceptors (Lipinski definition) is 8. The zero-order chi connectivity index (χ0) is 24.2. The van der Waals surface area contributed by atoms with Gasteiger partial charge in [-0.05, 0) is 60.6 Å². The molecule has 0 atom stereocenters. The second-order valence-electron chi connectivity index (χ2n) is 6.11. The zero-order valence-corrected chi connectivity index (χ0v) is 22.6. The van der Waals surface area contributed by atoms with Crippen molar-refractivity contribution in [2.75, 3.05) is 46.2 Å². The maximum Gasteiger partial charge on any atom is 0.528 e. The predicted octanol–water partition coefficient (Wildman–Crippen LogP) is 4.30. The lowest BCUT2D eigenvalue weighted by Crippen LogP contribution is -2.46. The van der Waals surface area contributed by atoms with Crippen LogP contribution in [0.15, 0.2) is 24.4 Å². The number of esters is 1. The largest absolute Gasteiger partial charge is 0.528 e. The molecule has 0 heterocycles. The first kappa shape index (κ1) is 32.3. The van der Waals surface area contributed by atoms with Crippen LogP contribution in [-0.4, -0.2) is 69.8 Å². The summed E-state index contributed by atoms with van der Waals surface area (Å²) in [5.41, 5.74) is 2.08. The van der Waals surface area contributed by atoms with Crippen LogP contribution in [0.4, 0.5) is 0 Å². The van der Waals surface area contributed by atoms with Gasteiger partial charge in [0.05, 0.1) is 6.61 Å². The molecule has 0 aromatic heterocycles. The SMILES string of the molecule is C=C(C)C(=O)OCCC[Si](OCC)(OCC)OCC.C=C[Si](OCC)(OCC)OCC. The third-order valence-corrected chi connectivity index (χ3v) is 9.31. The Balaban J connectivity index is 0. The Labute approximate surface area is 191 Å². The second-order valence-corrected chi connectivity index (χ2v) is 11.3. The smallest absolute Gasteiger partial charge is 0.462 e. The normalized spacial score (nSPS) is 11.5. The molecule has 0 aliphatic carbocycles. The molecular formula is C21H44O8Si2. The highest BCUT2D eigenvalue weighted by molar-refractivity contribution is 6.66. The standard InChI is InChI=1S/C13H26O5Si.C8H18O3Si/c1-6-16-19(17-7-2,18-8-3)11-9-10-15-13(14)12(4)5;1-5-9-12(8-4,10-6-2)11-7-3/h4,6-11H2,1-3,5H3;8H,4-7H2,1-3H3. The van der Waals surface area contributed by atoms with Gasteiger partial charge in [-0.15, -0.1) is 0 Å². The molecule has 0 aromatic carbocycles.